The van der Waals surface area contributed by atoms with Crippen LogP contribution in [-0.2, 0) is 13.0 Å². The average Bonchev–Trinajstić information content (AvgIpc) is 2.58. The van der Waals surface area contributed by atoms with Crippen LogP contribution in [-0.4, -0.2) is 30.9 Å². The first-order valence-corrected chi connectivity index (χ1v) is 7.65. The van der Waals surface area contributed by atoms with Gasteiger partial charge in [-0.05, 0) is 24.1 Å². The van der Waals surface area contributed by atoms with E-state index in [-0.39, 0.29) is 12.3 Å². The van der Waals surface area contributed by atoms with E-state index >= 15 is 0 Å². The summed E-state index contributed by atoms with van der Waals surface area (Å²) in [7, 11) is 1.59. The third-order valence-electron chi connectivity index (χ3n) is 3.30. The third kappa shape index (κ3) is 6.70. The topological polar surface area (TPSA) is 58.5 Å². The number of hydrogen-bond donors (Lipinski definition) is 2. The zero-order chi connectivity index (χ0) is 18.1. The Labute approximate surface area is 144 Å². The molecule has 2 N–H and O–H groups in total. The molecule has 2 rings (SSSR count). The highest BCUT2D eigenvalue weighted by molar-refractivity contribution is 5.79. The lowest BCUT2D eigenvalue weighted by molar-refractivity contribution is -0.274. The van der Waals surface area contributed by atoms with Crippen molar-refractivity contribution in [1.82, 2.24) is 15.6 Å². The van der Waals surface area contributed by atoms with Crippen LogP contribution in [0.3, 0.4) is 0 Å². The van der Waals surface area contributed by atoms with Crippen molar-refractivity contribution in [3.05, 3.63) is 59.9 Å². The van der Waals surface area contributed by atoms with Gasteiger partial charge in [-0.25, -0.2) is 0 Å². The van der Waals surface area contributed by atoms with Crippen molar-refractivity contribution >= 4 is 5.96 Å². The standard InChI is InChI=1S/C17H19F3N4O/c1-21-16(23-10-8-13-5-4-9-22-11-13)24-12-14-6-2-3-7-15(14)25-17(18,19)20/h2-7,9,11H,8,10,12H2,1H3,(H2,21,23,24). The van der Waals surface area contributed by atoms with Crippen molar-refractivity contribution in [1.29, 1.82) is 0 Å². The number of benzene rings is 1. The molecule has 134 valence electrons. The number of nitrogens with zero attached hydrogens (tertiary/aromatic N) is 2. The fraction of sp³-hybridized carbons (Fsp3) is 0.294. The Kier molecular flexibility index (Phi) is 6.62. The van der Waals surface area contributed by atoms with Crippen LogP contribution >= 0.6 is 0 Å². The molecule has 0 spiro atoms. The summed E-state index contributed by atoms with van der Waals surface area (Å²) in [5.41, 5.74) is 1.46. The number of para-hydroxylation sites is 1. The highest BCUT2D eigenvalue weighted by Gasteiger charge is 2.31. The largest absolute Gasteiger partial charge is 0.573 e. The van der Waals surface area contributed by atoms with Crippen LogP contribution in [0.15, 0.2) is 53.8 Å². The van der Waals surface area contributed by atoms with E-state index in [1.165, 1.54) is 12.1 Å². The minimum atomic E-state index is -4.72. The molecule has 0 amide bonds. The highest BCUT2D eigenvalue weighted by atomic mass is 19.4. The van der Waals surface area contributed by atoms with Gasteiger partial charge in [0.25, 0.3) is 0 Å². The Balaban J connectivity index is 1.86. The maximum Gasteiger partial charge on any atom is 0.573 e. The van der Waals surface area contributed by atoms with Crippen LogP contribution in [0.5, 0.6) is 5.75 Å². The van der Waals surface area contributed by atoms with Gasteiger partial charge in [-0.1, -0.05) is 24.3 Å². The van der Waals surface area contributed by atoms with Gasteiger partial charge in [-0.3, -0.25) is 9.98 Å². The van der Waals surface area contributed by atoms with Crippen molar-refractivity contribution in [2.24, 2.45) is 4.99 Å². The molecule has 0 fully saturated rings. The smallest absolute Gasteiger partial charge is 0.405 e. The summed E-state index contributed by atoms with van der Waals surface area (Å²) in [4.78, 5) is 8.09. The molecule has 0 aliphatic rings. The second-order valence-corrected chi connectivity index (χ2v) is 5.12. The number of pyridine rings is 1. The molecule has 8 heteroatoms. The number of alkyl halides is 3. The molecule has 0 saturated carbocycles. The molecule has 0 aliphatic carbocycles. The van der Waals surface area contributed by atoms with Crippen LogP contribution in [0, 0.1) is 0 Å². The second kappa shape index (κ2) is 8.91. The predicted octanol–water partition coefficient (Wildman–Crippen LogP) is 2.89. The quantitative estimate of drug-likeness (QED) is 0.620. The minimum absolute atomic E-state index is 0.152. The lowest BCUT2D eigenvalue weighted by Crippen LogP contribution is -2.38. The summed E-state index contributed by atoms with van der Waals surface area (Å²) < 4.78 is 41.3. The highest BCUT2D eigenvalue weighted by Crippen LogP contribution is 2.25. The number of rotatable bonds is 6. The zero-order valence-corrected chi connectivity index (χ0v) is 13.7. The second-order valence-electron chi connectivity index (χ2n) is 5.12. The molecule has 0 atom stereocenters. The Morgan fingerprint density at radius 2 is 1.96 bits per heavy atom. The first-order chi connectivity index (χ1) is 12.0. The van der Waals surface area contributed by atoms with E-state index in [9.17, 15) is 13.2 Å². The lowest BCUT2D eigenvalue weighted by Gasteiger charge is -2.15. The maximum absolute atomic E-state index is 12.4. The summed E-state index contributed by atoms with van der Waals surface area (Å²) in [6, 6.07) is 9.82. The number of nitrogens with one attached hydrogen (secondary N) is 2. The summed E-state index contributed by atoms with van der Waals surface area (Å²) in [6.07, 6.45) is -0.484. The van der Waals surface area contributed by atoms with Crippen LogP contribution < -0.4 is 15.4 Å². The van der Waals surface area contributed by atoms with Gasteiger partial charge >= 0.3 is 6.36 Å². The van der Waals surface area contributed by atoms with Crippen molar-refractivity contribution < 1.29 is 17.9 Å². The van der Waals surface area contributed by atoms with Gasteiger partial charge in [0.15, 0.2) is 5.96 Å². The maximum atomic E-state index is 12.4. The molecular formula is C17H19F3N4O. The predicted molar refractivity (Wildman–Crippen MR) is 89.3 cm³/mol. The van der Waals surface area contributed by atoms with E-state index in [1.54, 1.807) is 31.6 Å². The van der Waals surface area contributed by atoms with E-state index in [2.05, 4.69) is 25.3 Å². The fourth-order valence-electron chi connectivity index (χ4n) is 2.14. The van der Waals surface area contributed by atoms with Gasteiger partial charge in [-0.2, -0.15) is 0 Å². The summed E-state index contributed by atoms with van der Waals surface area (Å²) >= 11 is 0. The van der Waals surface area contributed by atoms with E-state index in [4.69, 9.17) is 0 Å². The number of halogens is 3. The molecule has 0 radical (unpaired) electrons. The SMILES string of the molecule is CN=C(NCCc1cccnc1)NCc1ccccc1OC(F)(F)F. The molecular weight excluding hydrogens is 333 g/mol. The molecule has 0 saturated heterocycles. The van der Waals surface area contributed by atoms with Gasteiger partial charge in [0.05, 0.1) is 0 Å². The number of guanidine groups is 1. The lowest BCUT2D eigenvalue weighted by atomic mass is 10.2. The minimum Gasteiger partial charge on any atom is -0.405 e. The van der Waals surface area contributed by atoms with Crippen molar-refractivity contribution in [2.75, 3.05) is 13.6 Å². The van der Waals surface area contributed by atoms with Crippen LogP contribution in [0.1, 0.15) is 11.1 Å². The van der Waals surface area contributed by atoms with Crippen LogP contribution in [0.25, 0.3) is 0 Å². The molecule has 1 aromatic heterocycles. The van der Waals surface area contributed by atoms with Crippen LogP contribution in [0.2, 0.25) is 0 Å². The number of ether oxygens (including phenoxy) is 1. The first kappa shape index (κ1) is 18.6. The molecule has 0 aliphatic heterocycles. The molecule has 0 unspecified atom stereocenters. The summed E-state index contributed by atoms with van der Waals surface area (Å²) in [5.74, 6) is 0.263. The van der Waals surface area contributed by atoms with E-state index in [0.717, 1.165) is 12.0 Å². The number of aromatic nitrogens is 1. The zero-order valence-electron chi connectivity index (χ0n) is 13.7. The first-order valence-electron chi connectivity index (χ1n) is 7.65. The Bertz CT molecular complexity index is 690. The number of hydrogen-bond acceptors (Lipinski definition) is 3. The molecule has 25 heavy (non-hydrogen) atoms. The Hall–Kier alpha value is -2.77. The van der Waals surface area contributed by atoms with Crippen LogP contribution in [0.4, 0.5) is 13.2 Å². The molecule has 5 nitrogen and oxygen atoms in total. The molecule has 1 aromatic carbocycles. The summed E-state index contributed by atoms with van der Waals surface area (Å²) in [5, 5.41) is 6.08. The normalized spacial score (nSPS) is 11.9. The third-order valence-corrected chi connectivity index (χ3v) is 3.30. The van der Waals surface area contributed by atoms with Gasteiger partial charge in [-0.15, -0.1) is 13.2 Å². The van der Waals surface area contributed by atoms with Crippen molar-refractivity contribution in [3.8, 4) is 5.75 Å². The average molecular weight is 352 g/mol. The van der Waals surface area contributed by atoms with E-state index < -0.39 is 6.36 Å². The van der Waals surface area contributed by atoms with Gasteiger partial charge in [0, 0.05) is 38.1 Å². The Morgan fingerprint density at radius 1 is 1.16 bits per heavy atom. The number of aliphatic imine (C=N–C) groups is 1. The van der Waals surface area contributed by atoms with E-state index in [1.807, 2.05) is 12.1 Å². The molecule has 0 bridgehead atoms. The molecule has 1 heterocycles. The van der Waals surface area contributed by atoms with Gasteiger partial charge in [0.2, 0.25) is 0 Å². The van der Waals surface area contributed by atoms with Gasteiger partial charge < -0.3 is 15.4 Å². The van der Waals surface area contributed by atoms with Gasteiger partial charge in [0.1, 0.15) is 5.75 Å². The summed E-state index contributed by atoms with van der Waals surface area (Å²) in [6.45, 7) is 0.769. The Morgan fingerprint density at radius 3 is 2.64 bits per heavy atom. The fourth-order valence-corrected chi connectivity index (χ4v) is 2.14. The monoisotopic (exact) mass is 352 g/mol. The van der Waals surface area contributed by atoms with E-state index in [0.29, 0.717) is 18.1 Å². The molecule has 2 aromatic rings. The van der Waals surface area contributed by atoms with Crippen molar-refractivity contribution in [2.45, 2.75) is 19.3 Å². The van der Waals surface area contributed by atoms with Crippen molar-refractivity contribution in [3.63, 3.8) is 0 Å².